The van der Waals surface area contributed by atoms with Gasteiger partial charge in [0.05, 0.1) is 12.4 Å². The van der Waals surface area contributed by atoms with Gasteiger partial charge in [0.1, 0.15) is 10.8 Å². The number of hydrogen-bond acceptors (Lipinski definition) is 5. The molecule has 2 aromatic heterocycles. The third kappa shape index (κ3) is 4.09. The Balaban J connectivity index is 1.90. The molecule has 0 saturated heterocycles. The SMILES string of the molecule is CCCNc1ncc(Cl)c(NCCc2cnn(C)c2)n1. The van der Waals surface area contributed by atoms with Crippen molar-refractivity contribution in [3.63, 3.8) is 0 Å². The summed E-state index contributed by atoms with van der Waals surface area (Å²) >= 11 is 6.08. The third-order valence-electron chi connectivity index (χ3n) is 2.74. The van der Waals surface area contributed by atoms with Gasteiger partial charge in [0.2, 0.25) is 5.95 Å². The van der Waals surface area contributed by atoms with E-state index in [-0.39, 0.29) is 0 Å². The van der Waals surface area contributed by atoms with Gasteiger partial charge in [0.15, 0.2) is 0 Å². The number of hydrogen-bond donors (Lipinski definition) is 2. The van der Waals surface area contributed by atoms with Crippen LogP contribution in [0.1, 0.15) is 18.9 Å². The topological polar surface area (TPSA) is 67.7 Å². The highest BCUT2D eigenvalue weighted by atomic mass is 35.5. The van der Waals surface area contributed by atoms with Crippen LogP contribution < -0.4 is 10.6 Å². The van der Waals surface area contributed by atoms with Crippen molar-refractivity contribution in [1.82, 2.24) is 19.7 Å². The summed E-state index contributed by atoms with van der Waals surface area (Å²) in [5.41, 5.74) is 1.18. The molecule has 2 rings (SSSR count). The summed E-state index contributed by atoms with van der Waals surface area (Å²) < 4.78 is 1.79. The monoisotopic (exact) mass is 294 g/mol. The summed E-state index contributed by atoms with van der Waals surface area (Å²) in [6.07, 6.45) is 7.36. The number of aryl methyl sites for hydroxylation is 1. The lowest BCUT2D eigenvalue weighted by Gasteiger charge is -2.09. The van der Waals surface area contributed by atoms with Gasteiger partial charge in [-0.3, -0.25) is 4.68 Å². The van der Waals surface area contributed by atoms with Gasteiger partial charge in [-0.05, 0) is 18.4 Å². The Morgan fingerprint density at radius 3 is 2.80 bits per heavy atom. The summed E-state index contributed by atoms with van der Waals surface area (Å²) in [7, 11) is 1.91. The van der Waals surface area contributed by atoms with Crippen molar-refractivity contribution in [3.05, 3.63) is 29.2 Å². The normalized spacial score (nSPS) is 10.6. The zero-order valence-corrected chi connectivity index (χ0v) is 12.5. The first-order chi connectivity index (χ1) is 9.69. The second kappa shape index (κ2) is 7.09. The van der Waals surface area contributed by atoms with Crippen LogP contribution in [0, 0.1) is 0 Å². The summed E-state index contributed by atoms with van der Waals surface area (Å²) in [5, 5.41) is 11.0. The fourth-order valence-corrected chi connectivity index (χ4v) is 1.90. The van der Waals surface area contributed by atoms with Crippen LogP contribution in [0.25, 0.3) is 0 Å². The largest absolute Gasteiger partial charge is 0.368 e. The first kappa shape index (κ1) is 14.6. The smallest absolute Gasteiger partial charge is 0.224 e. The van der Waals surface area contributed by atoms with Crippen LogP contribution in [0.5, 0.6) is 0 Å². The predicted octanol–water partition coefficient (Wildman–Crippen LogP) is 2.34. The van der Waals surface area contributed by atoms with E-state index in [1.165, 1.54) is 5.56 Å². The molecule has 7 heteroatoms. The van der Waals surface area contributed by atoms with Crippen molar-refractivity contribution >= 4 is 23.4 Å². The average molecular weight is 295 g/mol. The van der Waals surface area contributed by atoms with Crippen LogP contribution in [0.15, 0.2) is 18.6 Å². The maximum atomic E-state index is 6.08. The molecule has 0 fully saturated rings. The second-order valence-corrected chi connectivity index (χ2v) is 4.92. The van der Waals surface area contributed by atoms with Crippen molar-refractivity contribution in [2.45, 2.75) is 19.8 Å². The Labute approximate surface area is 123 Å². The Morgan fingerprint density at radius 1 is 1.25 bits per heavy atom. The molecule has 0 unspecified atom stereocenters. The Kier molecular flexibility index (Phi) is 5.17. The molecule has 0 aliphatic heterocycles. The van der Waals surface area contributed by atoms with Crippen LogP contribution in [0.3, 0.4) is 0 Å². The molecule has 0 spiro atoms. The standard InChI is InChI=1S/C13H19ClN6/c1-3-5-16-13-17-8-11(14)12(19-13)15-6-4-10-7-18-20(2)9-10/h7-9H,3-6H2,1-2H3,(H2,15,16,17,19). The molecule has 2 aromatic rings. The number of rotatable bonds is 7. The summed E-state index contributed by atoms with van der Waals surface area (Å²) in [4.78, 5) is 8.50. The van der Waals surface area contributed by atoms with E-state index >= 15 is 0 Å². The number of nitrogens with one attached hydrogen (secondary N) is 2. The lowest BCUT2D eigenvalue weighted by Crippen LogP contribution is -2.10. The predicted molar refractivity (Wildman–Crippen MR) is 81.2 cm³/mol. The van der Waals surface area contributed by atoms with Crippen molar-refractivity contribution in [2.75, 3.05) is 23.7 Å². The molecule has 0 aliphatic carbocycles. The molecule has 2 N–H and O–H groups in total. The van der Waals surface area contributed by atoms with Crippen LogP contribution in [0.4, 0.5) is 11.8 Å². The van der Waals surface area contributed by atoms with E-state index in [1.54, 1.807) is 10.9 Å². The van der Waals surface area contributed by atoms with Gasteiger partial charge >= 0.3 is 0 Å². The summed E-state index contributed by atoms with van der Waals surface area (Å²) in [5.74, 6) is 1.25. The highest BCUT2D eigenvalue weighted by Gasteiger charge is 2.05. The highest BCUT2D eigenvalue weighted by Crippen LogP contribution is 2.19. The van der Waals surface area contributed by atoms with Gasteiger partial charge in [-0.25, -0.2) is 4.98 Å². The fraction of sp³-hybridized carbons (Fsp3) is 0.462. The van der Waals surface area contributed by atoms with E-state index < -0.39 is 0 Å². The number of aromatic nitrogens is 4. The molecule has 20 heavy (non-hydrogen) atoms. The Morgan fingerprint density at radius 2 is 2.10 bits per heavy atom. The lowest BCUT2D eigenvalue weighted by atomic mass is 10.2. The first-order valence-electron chi connectivity index (χ1n) is 6.67. The van der Waals surface area contributed by atoms with Gasteiger partial charge in [-0.2, -0.15) is 10.1 Å². The van der Waals surface area contributed by atoms with Gasteiger partial charge in [0.25, 0.3) is 0 Å². The molecule has 0 saturated carbocycles. The molecule has 108 valence electrons. The summed E-state index contributed by atoms with van der Waals surface area (Å²) in [6.45, 7) is 3.68. The molecule has 0 bridgehead atoms. The molecule has 0 radical (unpaired) electrons. The second-order valence-electron chi connectivity index (χ2n) is 4.52. The number of nitrogens with zero attached hydrogens (tertiary/aromatic N) is 4. The van der Waals surface area contributed by atoms with E-state index in [0.29, 0.717) is 16.8 Å². The molecule has 0 aliphatic rings. The van der Waals surface area contributed by atoms with Crippen LogP contribution in [0.2, 0.25) is 5.02 Å². The number of anilines is 2. The molecule has 0 amide bonds. The van der Waals surface area contributed by atoms with E-state index in [4.69, 9.17) is 11.6 Å². The minimum atomic E-state index is 0.526. The average Bonchev–Trinajstić information content (AvgIpc) is 2.85. The molecule has 0 atom stereocenters. The maximum absolute atomic E-state index is 6.08. The maximum Gasteiger partial charge on any atom is 0.224 e. The third-order valence-corrected chi connectivity index (χ3v) is 3.02. The van der Waals surface area contributed by atoms with Crippen molar-refractivity contribution in [3.8, 4) is 0 Å². The van der Waals surface area contributed by atoms with Gasteiger partial charge < -0.3 is 10.6 Å². The molecule has 2 heterocycles. The van der Waals surface area contributed by atoms with Crippen molar-refractivity contribution in [2.24, 2.45) is 7.05 Å². The number of halogens is 1. The minimum Gasteiger partial charge on any atom is -0.368 e. The molecular formula is C13H19ClN6. The van der Waals surface area contributed by atoms with Gasteiger partial charge in [-0.1, -0.05) is 18.5 Å². The molecule has 0 aromatic carbocycles. The van der Waals surface area contributed by atoms with Gasteiger partial charge in [0, 0.05) is 26.3 Å². The van der Waals surface area contributed by atoms with Crippen LogP contribution in [-0.2, 0) is 13.5 Å². The van der Waals surface area contributed by atoms with E-state index in [9.17, 15) is 0 Å². The fourth-order valence-electron chi connectivity index (χ4n) is 1.74. The Bertz CT molecular complexity index is 554. The van der Waals surface area contributed by atoms with E-state index in [2.05, 4.69) is 32.6 Å². The van der Waals surface area contributed by atoms with Crippen molar-refractivity contribution in [1.29, 1.82) is 0 Å². The molecule has 6 nitrogen and oxygen atoms in total. The van der Waals surface area contributed by atoms with Crippen molar-refractivity contribution < 1.29 is 0 Å². The zero-order valence-electron chi connectivity index (χ0n) is 11.7. The quantitative estimate of drug-likeness (QED) is 0.820. The zero-order chi connectivity index (χ0) is 14.4. The van der Waals surface area contributed by atoms with Crippen LogP contribution >= 0.6 is 11.6 Å². The van der Waals surface area contributed by atoms with Crippen LogP contribution in [-0.4, -0.2) is 32.8 Å². The summed E-state index contributed by atoms with van der Waals surface area (Å²) in [6, 6.07) is 0. The first-order valence-corrected chi connectivity index (χ1v) is 7.04. The Hall–Kier alpha value is -1.82. The lowest BCUT2D eigenvalue weighted by molar-refractivity contribution is 0.767. The minimum absolute atomic E-state index is 0.526. The molecular weight excluding hydrogens is 276 g/mol. The van der Waals surface area contributed by atoms with Gasteiger partial charge in [-0.15, -0.1) is 0 Å². The van der Waals surface area contributed by atoms with E-state index in [0.717, 1.165) is 25.9 Å². The highest BCUT2D eigenvalue weighted by molar-refractivity contribution is 6.32. The van der Waals surface area contributed by atoms with E-state index in [1.807, 2.05) is 19.4 Å².